The van der Waals surface area contributed by atoms with Crippen LogP contribution in [0.25, 0.3) is 21.8 Å². The Morgan fingerprint density at radius 2 is 1.79 bits per heavy atom. The van der Waals surface area contributed by atoms with Crippen LogP contribution in [0, 0.1) is 5.82 Å². The van der Waals surface area contributed by atoms with E-state index in [2.05, 4.69) is 41.4 Å². The number of rotatable bonds is 4. The number of carbonyl (C=O) groups excluding carboxylic acids is 1. The van der Waals surface area contributed by atoms with E-state index >= 15 is 0 Å². The fraction of sp³-hybridized carbons (Fsp3) is 0.167. The molecule has 0 spiro atoms. The van der Waals surface area contributed by atoms with E-state index in [1.54, 1.807) is 48.7 Å². The second-order valence-corrected chi connectivity index (χ2v) is 9.96. The quantitative estimate of drug-likeness (QED) is 0.296. The van der Waals surface area contributed by atoms with Gasteiger partial charge in [-0.3, -0.25) is 0 Å². The number of benzene rings is 2. The Hall–Kier alpha value is -3.56. The van der Waals surface area contributed by atoms with Crippen LogP contribution in [0.1, 0.15) is 25.8 Å². The molecule has 0 unspecified atom stereocenters. The van der Waals surface area contributed by atoms with Crippen LogP contribution in [-0.4, -0.2) is 21.0 Å². The molecule has 0 radical (unpaired) electrons. The lowest BCUT2D eigenvalue weighted by Crippen LogP contribution is -2.20. The lowest BCUT2D eigenvalue weighted by Gasteiger charge is -2.13. The van der Waals surface area contributed by atoms with Gasteiger partial charge < -0.3 is 16.4 Å². The number of aromatic nitrogens is 3. The zero-order chi connectivity index (χ0) is 24.5. The molecule has 2 aromatic carbocycles. The highest BCUT2D eigenvalue weighted by atomic mass is 35.5. The number of nitrogens with one attached hydrogen (secondary N) is 2. The maximum atomic E-state index is 14.6. The Bertz CT molecular complexity index is 1350. The largest absolute Gasteiger partial charge is 0.368 e. The van der Waals surface area contributed by atoms with Crippen molar-refractivity contribution in [3.8, 4) is 21.8 Å². The monoisotopic (exact) mass is 496 g/mol. The third-order valence-electron chi connectivity index (χ3n) is 4.76. The second kappa shape index (κ2) is 9.36. The lowest BCUT2D eigenvalue weighted by atomic mass is 9.98. The van der Waals surface area contributed by atoms with Crippen LogP contribution < -0.4 is 16.4 Å². The molecule has 34 heavy (non-hydrogen) atoms. The molecule has 174 valence electrons. The van der Waals surface area contributed by atoms with Gasteiger partial charge in [-0.25, -0.2) is 24.1 Å². The molecule has 0 aliphatic carbocycles. The van der Waals surface area contributed by atoms with Gasteiger partial charge in [-0.1, -0.05) is 38.4 Å². The summed E-state index contributed by atoms with van der Waals surface area (Å²) in [5, 5.41) is 6.65. The number of carbonyl (C=O) groups is 1. The number of nitrogen functional groups attached to an aromatic ring is 1. The Morgan fingerprint density at radius 1 is 1.06 bits per heavy atom. The molecule has 10 heteroatoms. The highest BCUT2D eigenvalue weighted by Gasteiger charge is 2.24. The van der Waals surface area contributed by atoms with Crippen molar-refractivity contribution >= 4 is 46.3 Å². The zero-order valence-corrected chi connectivity index (χ0v) is 20.3. The summed E-state index contributed by atoms with van der Waals surface area (Å²) in [4.78, 5) is 26.3. The molecule has 4 rings (SSSR count). The van der Waals surface area contributed by atoms with E-state index in [0.717, 1.165) is 9.88 Å². The maximum Gasteiger partial charge on any atom is 0.323 e. The molecule has 2 amide bonds. The molecule has 0 saturated heterocycles. The first-order valence-corrected chi connectivity index (χ1v) is 11.5. The van der Waals surface area contributed by atoms with Crippen LogP contribution in [0.2, 0.25) is 5.02 Å². The summed E-state index contributed by atoms with van der Waals surface area (Å²) in [5.41, 5.74) is 8.00. The van der Waals surface area contributed by atoms with Crippen molar-refractivity contribution < 1.29 is 9.18 Å². The van der Waals surface area contributed by atoms with E-state index in [1.807, 2.05) is 0 Å². The summed E-state index contributed by atoms with van der Waals surface area (Å²) >= 11 is 7.35. The summed E-state index contributed by atoms with van der Waals surface area (Å²) in [5.74, 6) is -0.433. The molecule has 2 aromatic heterocycles. The molecule has 0 aliphatic rings. The Balaban J connectivity index is 1.69. The molecule has 0 bridgehead atoms. The minimum absolute atomic E-state index is 0.0304. The average Bonchev–Trinajstić information content (AvgIpc) is 3.23. The van der Waals surface area contributed by atoms with E-state index in [-0.39, 0.29) is 17.1 Å². The number of hydrogen-bond donors (Lipinski definition) is 3. The standard InChI is InChI=1S/C24H22ClFN6OS/c1-24(2,3)21-32-19(17-10-11-28-22(27)30-17)20(34-21)13-4-9-16(26)18(12-13)31-23(33)29-15-7-5-14(25)6-8-15/h4-12H,1-3H3,(H2,27,28,30)(H2,29,31,33). The zero-order valence-electron chi connectivity index (χ0n) is 18.7. The van der Waals surface area contributed by atoms with Crippen molar-refractivity contribution in [2.45, 2.75) is 26.2 Å². The number of anilines is 3. The minimum Gasteiger partial charge on any atom is -0.368 e. The molecular formula is C24H22ClFN6OS. The van der Waals surface area contributed by atoms with Gasteiger partial charge in [-0.05, 0) is 48.0 Å². The van der Waals surface area contributed by atoms with E-state index in [1.165, 1.54) is 17.4 Å². The third-order valence-corrected chi connectivity index (χ3v) is 6.55. The number of amides is 2. The van der Waals surface area contributed by atoms with Crippen molar-refractivity contribution in [2.24, 2.45) is 0 Å². The molecule has 0 saturated carbocycles. The maximum absolute atomic E-state index is 14.6. The molecular weight excluding hydrogens is 475 g/mol. The van der Waals surface area contributed by atoms with Gasteiger partial charge in [-0.2, -0.15) is 0 Å². The number of nitrogens with two attached hydrogens (primary N) is 1. The van der Waals surface area contributed by atoms with Gasteiger partial charge in [0.2, 0.25) is 5.95 Å². The Kier molecular flexibility index (Phi) is 6.49. The van der Waals surface area contributed by atoms with Crippen LogP contribution in [-0.2, 0) is 5.41 Å². The summed E-state index contributed by atoms with van der Waals surface area (Å²) < 4.78 is 14.6. The van der Waals surface area contributed by atoms with Gasteiger partial charge >= 0.3 is 6.03 Å². The minimum atomic E-state index is -0.582. The van der Waals surface area contributed by atoms with Crippen LogP contribution in [0.4, 0.5) is 26.5 Å². The second-order valence-electron chi connectivity index (χ2n) is 8.53. The van der Waals surface area contributed by atoms with Crippen molar-refractivity contribution in [3.05, 3.63) is 70.6 Å². The molecule has 0 atom stereocenters. The van der Waals surface area contributed by atoms with Crippen molar-refractivity contribution in [2.75, 3.05) is 16.4 Å². The highest BCUT2D eigenvalue weighted by molar-refractivity contribution is 7.15. The van der Waals surface area contributed by atoms with Crippen LogP contribution in [0.5, 0.6) is 0 Å². The van der Waals surface area contributed by atoms with E-state index in [4.69, 9.17) is 22.3 Å². The number of thiazole rings is 1. The Morgan fingerprint density at radius 3 is 2.47 bits per heavy atom. The average molecular weight is 497 g/mol. The topological polar surface area (TPSA) is 106 Å². The van der Waals surface area contributed by atoms with Crippen molar-refractivity contribution in [3.63, 3.8) is 0 Å². The molecule has 7 nitrogen and oxygen atoms in total. The van der Waals surface area contributed by atoms with Crippen molar-refractivity contribution in [1.29, 1.82) is 0 Å². The number of nitrogens with zero attached hydrogens (tertiary/aromatic N) is 3. The molecule has 4 aromatic rings. The first-order chi connectivity index (χ1) is 16.1. The van der Waals surface area contributed by atoms with Crippen molar-refractivity contribution in [1.82, 2.24) is 15.0 Å². The number of halogens is 2. The summed E-state index contributed by atoms with van der Waals surface area (Å²) in [6, 6.07) is 12.3. The van der Waals surface area contributed by atoms with Crippen LogP contribution >= 0.6 is 22.9 Å². The van der Waals surface area contributed by atoms with Crippen LogP contribution in [0.15, 0.2) is 54.7 Å². The number of hydrogen-bond acceptors (Lipinski definition) is 6. The Labute approximate surface area is 205 Å². The fourth-order valence-electron chi connectivity index (χ4n) is 3.10. The predicted octanol–water partition coefficient (Wildman–Crippen LogP) is 6.58. The molecule has 2 heterocycles. The van der Waals surface area contributed by atoms with E-state index in [9.17, 15) is 9.18 Å². The van der Waals surface area contributed by atoms with Gasteiger partial charge in [0.15, 0.2) is 0 Å². The van der Waals surface area contributed by atoms with E-state index in [0.29, 0.717) is 27.7 Å². The van der Waals surface area contributed by atoms with Crippen LogP contribution in [0.3, 0.4) is 0 Å². The van der Waals surface area contributed by atoms with Gasteiger partial charge in [-0.15, -0.1) is 11.3 Å². The summed E-state index contributed by atoms with van der Waals surface area (Å²) in [7, 11) is 0. The molecule has 0 fully saturated rings. The normalized spacial score (nSPS) is 11.3. The number of urea groups is 1. The predicted molar refractivity (Wildman–Crippen MR) is 136 cm³/mol. The van der Waals surface area contributed by atoms with E-state index < -0.39 is 11.8 Å². The molecule has 0 aliphatic heterocycles. The first-order valence-electron chi connectivity index (χ1n) is 10.3. The third kappa shape index (κ3) is 5.32. The smallest absolute Gasteiger partial charge is 0.323 e. The van der Waals surface area contributed by atoms with Gasteiger partial charge in [0.25, 0.3) is 0 Å². The first kappa shape index (κ1) is 23.6. The van der Waals surface area contributed by atoms with Gasteiger partial charge in [0.05, 0.1) is 21.3 Å². The fourth-order valence-corrected chi connectivity index (χ4v) is 4.35. The lowest BCUT2D eigenvalue weighted by molar-refractivity contribution is 0.262. The van der Waals surface area contributed by atoms with Gasteiger partial charge in [0, 0.05) is 22.3 Å². The summed E-state index contributed by atoms with van der Waals surface area (Å²) in [6.45, 7) is 6.19. The summed E-state index contributed by atoms with van der Waals surface area (Å²) in [6.07, 6.45) is 1.57. The highest BCUT2D eigenvalue weighted by Crippen LogP contribution is 2.41. The van der Waals surface area contributed by atoms with Gasteiger partial charge in [0.1, 0.15) is 11.5 Å². The SMILES string of the molecule is CC(C)(C)c1nc(-c2ccnc(N)n2)c(-c2ccc(F)c(NC(=O)Nc3ccc(Cl)cc3)c2)s1. The molecule has 4 N–H and O–H groups in total.